The van der Waals surface area contributed by atoms with Crippen molar-refractivity contribution in [3.05, 3.63) is 0 Å². The molecule has 1 saturated heterocycles. The molecule has 1 heterocycles. The van der Waals surface area contributed by atoms with Crippen LogP contribution in [0.2, 0.25) is 0 Å². The molecule has 4 nitrogen and oxygen atoms in total. The molecule has 0 aromatic carbocycles. The average molecular weight is 283 g/mol. The first kappa shape index (κ1) is 16.2. The number of hydrogen-bond acceptors (Lipinski definition) is 3. The van der Waals surface area contributed by atoms with E-state index in [1.54, 1.807) is 13.8 Å². The molecule has 1 aliphatic rings. The Morgan fingerprint density at radius 3 is 2.37 bits per heavy atom. The maximum Gasteiger partial charge on any atom is 0.414 e. The van der Waals surface area contributed by atoms with Gasteiger partial charge in [0.05, 0.1) is 0 Å². The normalized spacial score (nSPS) is 21.3. The summed E-state index contributed by atoms with van der Waals surface area (Å²) in [5.74, 6) is -1.03. The third-order valence-corrected chi connectivity index (χ3v) is 3.40. The van der Waals surface area contributed by atoms with Gasteiger partial charge in [-0.1, -0.05) is 0 Å². The summed E-state index contributed by atoms with van der Waals surface area (Å²) in [7, 11) is 0. The summed E-state index contributed by atoms with van der Waals surface area (Å²) in [5, 5.41) is 9.18. The second-order valence-electron chi connectivity index (χ2n) is 4.75. The maximum absolute atomic E-state index is 12.4. The Bertz CT molecular complexity index is 301. The molecule has 1 amide bonds. The van der Waals surface area contributed by atoms with Crippen molar-refractivity contribution < 1.29 is 27.8 Å². The van der Waals surface area contributed by atoms with Crippen LogP contribution in [0.3, 0.4) is 0 Å². The molecule has 7 heteroatoms. The maximum atomic E-state index is 12.4. The van der Waals surface area contributed by atoms with E-state index in [4.69, 9.17) is 4.74 Å². The zero-order chi connectivity index (χ0) is 14.6. The summed E-state index contributed by atoms with van der Waals surface area (Å²) in [6.45, 7) is 4.27. The largest absolute Gasteiger partial charge is 0.414 e. The Kier molecular flexibility index (Phi) is 5.61. The van der Waals surface area contributed by atoms with Gasteiger partial charge < -0.3 is 14.7 Å². The van der Waals surface area contributed by atoms with Gasteiger partial charge in [-0.25, -0.2) is 0 Å². The number of rotatable bonds is 4. The minimum atomic E-state index is -4.59. The van der Waals surface area contributed by atoms with Crippen LogP contribution in [0, 0.1) is 5.92 Å². The SMILES string of the molecule is CCOC(C)C(=O)N1CCC(C(O)C(F)(F)F)CC1. The predicted molar refractivity (Wildman–Crippen MR) is 62.5 cm³/mol. The number of alkyl halides is 3. The molecule has 112 valence electrons. The number of halogens is 3. The predicted octanol–water partition coefficient (Wildman–Crippen LogP) is 1.57. The number of likely N-dealkylation sites (tertiary alicyclic amines) is 1. The molecule has 1 aliphatic heterocycles. The zero-order valence-corrected chi connectivity index (χ0v) is 11.1. The first-order valence-corrected chi connectivity index (χ1v) is 6.42. The lowest BCUT2D eigenvalue weighted by Crippen LogP contribution is -2.47. The molecular weight excluding hydrogens is 263 g/mol. The lowest BCUT2D eigenvalue weighted by molar-refractivity contribution is -0.223. The first-order valence-electron chi connectivity index (χ1n) is 6.42. The number of hydrogen-bond donors (Lipinski definition) is 1. The van der Waals surface area contributed by atoms with E-state index >= 15 is 0 Å². The molecule has 0 radical (unpaired) electrons. The highest BCUT2D eigenvalue weighted by atomic mass is 19.4. The fourth-order valence-electron chi connectivity index (χ4n) is 2.28. The monoisotopic (exact) mass is 283 g/mol. The number of aliphatic hydroxyl groups excluding tert-OH is 1. The summed E-state index contributed by atoms with van der Waals surface area (Å²) in [5.41, 5.74) is 0. The summed E-state index contributed by atoms with van der Waals surface area (Å²) >= 11 is 0. The van der Waals surface area contributed by atoms with Crippen molar-refractivity contribution >= 4 is 5.91 Å². The van der Waals surface area contributed by atoms with Crippen molar-refractivity contribution in [1.82, 2.24) is 4.90 Å². The molecule has 2 unspecified atom stereocenters. The highest BCUT2D eigenvalue weighted by Gasteiger charge is 2.44. The number of carbonyl (C=O) groups is 1. The van der Waals surface area contributed by atoms with Gasteiger partial charge in [0.15, 0.2) is 6.10 Å². The summed E-state index contributed by atoms with van der Waals surface area (Å²) in [4.78, 5) is 13.4. The topological polar surface area (TPSA) is 49.8 Å². The highest BCUT2D eigenvalue weighted by Crippen LogP contribution is 2.31. The van der Waals surface area contributed by atoms with Gasteiger partial charge in [-0.05, 0) is 32.6 Å². The van der Waals surface area contributed by atoms with E-state index in [2.05, 4.69) is 0 Å². The number of piperidine rings is 1. The molecule has 0 spiro atoms. The average Bonchev–Trinajstić information content (AvgIpc) is 2.36. The molecule has 0 aliphatic carbocycles. The van der Waals surface area contributed by atoms with Gasteiger partial charge in [-0.2, -0.15) is 13.2 Å². The fourth-order valence-corrected chi connectivity index (χ4v) is 2.28. The second-order valence-corrected chi connectivity index (χ2v) is 4.75. The number of carbonyl (C=O) groups excluding carboxylic acids is 1. The van der Waals surface area contributed by atoms with Crippen LogP contribution >= 0.6 is 0 Å². The standard InChI is InChI=1S/C12H20F3NO3/c1-3-19-8(2)11(18)16-6-4-9(5-7-16)10(17)12(13,14)15/h8-10,17H,3-7H2,1-2H3. The van der Waals surface area contributed by atoms with Crippen LogP contribution in [0.1, 0.15) is 26.7 Å². The molecule has 0 aromatic rings. The Morgan fingerprint density at radius 2 is 1.95 bits per heavy atom. The van der Waals surface area contributed by atoms with E-state index in [9.17, 15) is 23.1 Å². The van der Waals surface area contributed by atoms with Crippen LogP contribution in [0.15, 0.2) is 0 Å². The molecule has 19 heavy (non-hydrogen) atoms. The van der Waals surface area contributed by atoms with Gasteiger partial charge in [-0.15, -0.1) is 0 Å². The van der Waals surface area contributed by atoms with Crippen LogP contribution in [0.5, 0.6) is 0 Å². The molecule has 0 saturated carbocycles. The number of amides is 1. The van der Waals surface area contributed by atoms with E-state index in [0.29, 0.717) is 6.61 Å². The number of nitrogens with zero attached hydrogens (tertiary/aromatic N) is 1. The first-order chi connectivity index (χ1) is 8.77. The van der Waals surface area contributed by atoms with Crippen LogP contribution in [-0.4, -0.2) is 54.0 Å². The van der Waals surface area contributed by atoms with E-state index in [1.165, 1.54) is 4.90 Å². The molecule has 2 atom stereocenters. The molecule has 0 bridgehead atoms. The van der Waals surface area contributed by atoms with E-state index in [0.717, 1.165) is 0 Å². The Balaban J connectivity index is 2.47. The van der Waals surface area contributed by atoms with Gasteiger partial charge in [0, 0.05) is 19.7 Å². The minimum absolute atomic E-state index is 0.158. The molecular formula is C12H20F3NO3. The van der Waals surface area contributed by atoms with Crippen molar-refractivity contribution in [1.29, 1.82) is 0 Å². The third kappa shape index (κ3) is 4.35. The van der Waals surface area contributed by atoms with E-state index in [-0.39, 0.29) is 31.8 Å². The molecule has 1 fully saturated rings. The van der Waals surface area contributed by atoms with Crippen LogP contribution in [0.25, 0.3) is 0 Å². The van der Waals surface area contributed by atoms with Gasteiger partial charge in [0.2, 0.25) is 0 Å². The quantitative estimate of drug-likeness (QED) is 0.852. The van der Waals surface area contributed by atoms with Crippen LogP contribution in [-0.2, 0) is 9.53 Å². The van der Waals surface area contributed by atoms with Crippen LogP contribution < -0.4 is 0 Å². The Hall–Kier alpha value is -0.820. The second kappa shape index (κ2) is 6.56. The number of ether oxygens (including phenoxy) is 1. The van der Waals surface area contributed by atoms with Gasteiger partial charge in [0.1, 0.15) is 6.10 Å². The summed E-state index contributed by atoms with van der Waals surface area (Å²) in [6.07, 6.45) is -7.14. The van der Waals surface area contributed by atoms with Crippen molar-refractivity contribution in [2.45, 2.75) is 45.1 Å². The lowest BCUT2D eigenvalue weighted by Gasteiger charge is -2.35. The van der Waals surface area contributed by atoms with E-state index in [1.807, 2.05) is 0 Å². The summed E-state index contributed by atoms with van der Waals surface area (Å²) in [6, 6.07) is 0. The van der Waals surface area contributed by atoms with Gasteiger partial charge >= 0.3 is 6.18 Å². The van der Waals surface area contributed by atoms with Crippen molar-refractivity contribution in [2.24, 2.45) is 5.92 Å². The van der Waals surface area contributed by atoms with Gasteiger partial charge in [0.25, 0.3) is 5.91 Å². The third-order valence-electron chi connectivity index (χ3n) is 3.40. The highest BCUT2D eigenvalue weighted by molar-refractivity contribution is 5.80. The zero-order valence-electron chi connectivity index (χ0n) is 11.1. The molecule has 1 N–H and O–H groups in total. The Morgan fingerprint density at radius 1 is 1.42 bits per heavy atom. The Labute approximate surface area is 110 Å². The van der Waals surface area contributed by atoms with Crippen LogP contribution in [0.4, 0.5) is 13.2 Å². The summed E-state index contributed by atoms with van der Waals surface area (Å²) < 4.78 is 42.3. The van der Waals surface area contributed by atoms with Crippen molar-refractivity contribution in [3.8, 4) is 0 Å². The molecule has 1 rings (SSSR count). The lowest BCUT2D eigenvalue weighted by atomic mass is 9.90. The van der Waals surface area contributed by atoms with Crippen molar-refractivity contribution in [3.63, 3.8) is 0 Å². The minimum Gasteiger partial charge on any atom is -0.383 e. The van der Waals surface area contributed by atoms with Gasteiger partial charge in [-0.3, -0.25) is 4.79 Å². The molecule has 0 aromatic heterocycles. The fraction of sp³-hybridized carbons (Fsp3) is 0.917. The smallest absolute Gasteiger partial charge is 0.383 e. The van der Waals surface area contributed by atoms with Crippen molar-refractivity contribution in [2.75, 3.05) is 19.7 Å². The van der Waals surface area contributed by atoms with E-state index < -0.39 is 24.3 Å². The number of aliphatic hydroxyl groups is 1.